The third kappa shape index (κ3) is 4.62. The normalized spacial score (nSPS) is 21.1. The number of hydrogen-bond acceptors (Lipinski definition) is 4. The van der Waals surface area contributed by atoms with Gasteiger partial charge in [0.1, 0.15) is 0 Å². The van der Waals surface area contributed by atoms with Crippen LogP contribution in [0.15, 0.2) is 24.3 Å². The second kappa shape index (κ2) is 8.96. The van der Waals surface area contributed by atoms with Crippen LogP contribution in [0.2, 0.25) is 0 Å². The largest absolute Gasteiger partial charge is 0.341 e. The molecule has 2 aliphatic heterocycles. The molecule has 6 nitrogen and oxygen atoms in total. The number of nitrogens with zero attached hydrogens (tertiary/aromatic N) is 4. The maximum atomic E-state index is 12.8. The van der Waals surface area contributed by atoms with Crippen LogP contribution in [0.25, 0.3) is 0 Å². The van der Waals surface area contributed by atoms with Crippen molar-refractivity contribution < 1.29 is 9.59 Å². The van der Waals surface area contributed by atoms with E-state index in [4.69, 9.17) is 5.26 Å². The Balaban J connectivity index is 1.19. The molecular formula is C23H30N4O2. The predicted octanol–water partition coefficient (Wildman–Crippen LogP) is 2.04. The first-order valence-corrected chi connectivity index (χ1v) is 10.9. The molecule has 2 amide bonds. The molecule has 3 aliphatic rings. The molecule has 154 valence electrons. The van der Waals surface area contributed by atoms with Gasteiger partial charge in [-0.1, -0.05) is 18.6 Å². The molecule has 1 aliphatic carbocycles. The van der Waals surface area contributed by atoms with Gasteiger partial charge in [-0.25, -0.2) is 0 Å². The quantitative estimate of drug-likeness (QED) is 0.766. The SMILES string of the molecule is N#Cc1ccc(CCC(=O)N2CC(C(=O)N3CCCN(C4CCC4)CC3)C2)cc1. The van der Waals surface area contributed by atoms with Crippen molar-refractivity contribution in [2.45, 2.75) is 44.6 Å². The Morgan fingerprint density at radius 3 is 2.38 bits per heavy atom. The summed E-state index contributed by atoms with van der Waals surface area (Å²) in [5.41, 5.74) is 1.69. The van der Waals surface area contributed by atoms with E-state index in [1.54, 1.807) is 12.1 Å². The first-order chi connectivity index (χ1) is 14.1. The number of carbonyl (C=O) groups excluding carboxylic acids is 2. The molecular weight excluding hydrogens is 364 g/mol. The van der Waals surface area contributed by atoms with Crippen LogP contribution in [-0.4, -0.2) is 71.8 Å². The molecule has 0 aromatic heterocycles. The van der Waals surface area contributed by atoms with Gasteiger partial charge >= 0.3 is 0 Å². The number of hydrogen-bond donors (Lipinski definition) is 0. The Labute approximate surface area is 173 Å². The summed E-state index contributed by atoms with van der Waals surface area (Å²) in [6, 6.07) is 10.2. The van der Waals surface area contributed by atoms with E-state index in [1.165, 1.54) is 19.3 Å². The number of likely N-dealkylation sites (tertiary alicyclic amines) is 1. The lowest BCUT2D eigenvalue weighted by Crippen LogP contribution is -2.56. The van der Waals surface area contributed by atoms with Crippen molar-refractivity contribution in [3.8, 4) is 6.07 Å². The van der Waals surface area contributed by atoms with Crippen LogP contribution < -0.4 is 0 Å². The predicted molar refractivity (Wildman–Crippen MR) is 110 cm³/mol. The number of rotatable bonds is 5. The van der Waals surface area contributed by atoms with E-state index < -0.39 is 0 Å². The monoisotopic (exact) mass is 394 g/mol. The Kier molecular flexibility index (Phi) is 6.15. The van der Waals surface area contributed by atoms with Crippen LogP contribution >= 0.6 is 0 Å². The molecule has 1 aromatic rings. The van der Waals surface area contributed by atoms with Crippen LogP contribution in [0.5, 0.6) is 0 Å². The van der Waals surface area contributed by atoms with Crippen molar-refractivity contribution >= 4 is 11.8 Å². The lowest BCUT2D eigenvalue weighted by Gasteiger charge is -2.41. The molecule has 0 spiro atoms. The minimum Gasteiger partial charge on any atom is -0.341 e. The van der Waals surface area contributed by atoms with Crippen molar-refractivity contribution in [2.24, 2.45) is 5.92 Å². The highest BCUT2D eigenvalue weighted by Crippen LogP contribution is 2.26. The van der Waals surface area contributed by atoms with Crippen molar-refractivity contribution in [1.82, 2.24) is 14.7 Å². The van der Waals surface area contributed by atoms with Crippen LogP contribution in [0.1, 0.15) is 43.2 Å². The number of carbonyl (C=O) groups is 2. The number of aryl methyl sites for hydroxylation is 1. The Bertz CT molecular complexity index is 775. The zero-order valence-corrected chi connectivity index (χ0v) is 17.1. The van der Waals surface area contributed by atoms with Crippen molar-refractivity contribution in [3.63, 3.8) is 0 Å². The molecule has 6 heteroatoms. The molecule has 0 bridgehead atoms. The zero-order valence-electron chi connectivity index (χ0n) is 17.1. The topological polar surface area (TPSA) is 67.6 Å². The number of benzene rings is 1. The standard InChI is InChI=1S/C23H30N4O2/c24-15-19-7-5-18(6-8-19)9-10-22(28)27-16-20(17-27)23(29)26-12-2-11-25(13-14-26)21-3-1-4-21/h5-8,20-21H,1-4,9-14,16-17H2. The summed E-state index contributed by atoms with van der Waals surface area (Å²) in [5, 5.41) is 8.85. The minimum atomic E-state index is -0.0240. The Hall–Kier alpha value is -2.39. The van der Waals surface area contributed by atoms with Gasteiger partial charge in [0, 0.05) is 51.7 Å². The van der Waals surface area contributed by atoms with Gasteiger partial charge in [-0.2, -0.15) is 5.26 Å². The molecule has 2 saturated heterocycles. The minimum absolute atomic E-state index is 0.0240. The van der Waals surface area contributed by atoms with Crippen molar-refractivity contribution in [1.29, 1.82) is 5.26 Å². The molecule has 2 heterocycles. The van der Waals surface area contributed by atoms with Gasteiger partial charge in [-0.15, -0.1) is 0 Å². The summed E-state index contributed by atoms with van der Waals surface area (Å²) < 4.78 is 0. The summed E-state index contributed by atoms with van der Waals surface area (Å²) in [7, 11) is 0. The van der Waals surface area contributed by atoms with Crippen molar-refractivity contribution in [2.75, 3.05) is 39.3 Å². The fourth-order valence-electron chi connectivity index (χ4n) is 4.53. The summed E-state index contributed by atoms with van der Waals surface area (Å²) in [4.78, 5) is 31.7. The second-order valence-corrected chi connectivity index (χ2v) is 8.60. The average molecular weight is 395 g/mol. The molecule has 3 fully saturated rings. The second-order valence-electron chi connectivity index (χ2n) is 8.60. The third-order valence-electron chi connectivity index (χ3n) is 6.73. The fourth-order valence-corrected chi connectivity index (χ4v) is 4.53. The highest BCUT2D eigenvalue weighted by Gasteiger charge is 2.38. The lowest BCUT2D eigenvalue weighted by atomic mass is 9.91. The highest BCUT2D eigenvalue weighted by molar-refractivity contribution is 5.84. The number of nitriles is 1. The Morgan fingerprint density at radius 2 is 1.72 bits per heavy atom. The van der Waals surface area contributed by atoms with E-state index in [1.807, 2.05) is 21.9 Å². The lowest BCUT2D eigenvalue weighted by molar-refractivity contribution is -0.148. The molecule has 0 atom stereocenters. The van der Waals surface area contributed by atoms with Crippen LogP contribution in [-0.2, 0) is 16.0 Å². The maximum absolute atomic E-state index is 12.8. The summed E-state index contributed by atoms with van der Waals surface area (Å²) in [6.07, 6.45) is 6.16. The van der Waals surface area contributed by atoms with Gasteiger partial charge in [0.05, 0.1) is 17.6 Å². The van der Waals surface area contributed by atoms with Gasteiger partial charge in [0.15, 0.2) is 0 Å². The molecule has 1 saturated carbocycles. The summed E-state index contributed by atoms with van der Waals surface area (Å²) >= 11 is 0. The van der Waals surface area contributed by atoms with Gasteiger partial charge < -0.3 is 9.80 Å². The maximum Gasteiger partial charge on any atom is 0.229 e. The van der Waals surface area contributed by atoms with E-state index >= 15 is 0 Å². The molecule has 0 N–H and O–H groups in total. The highest BCUT2D eigenvalue weighted by atomic mass is 16.2. The summed E-state index contributed by atoms with van der Waals surface area (Å²) in [5.74, 6) is 0.325. The number of amides is 2. The fraction of sp³-hybridized carbons (Fsp3) is 0.609. The third-order valence-corrected chi connectivity index (χ3v) is 6.73. The summed E-state index contributed by atoms with van der Waals surface area (Å²) in [6.45, 7) is 4.92. The molecule has 0 radical (unpaired) electrons. The van der Waals surface area contributed by atoms with E-state index in [-0.39, 0.29) is 17.7 Å². The van der Waals surface area contributed by atoms with E-state index in [0.29, 0.717) is 31.5 Å². The van der Waals surface area contributed by atoms with Crippen LogP contribution in [0.3, 0.4) is 0 Å². The van der Waals surface area contributed by atoms with Gasteiger partial charge in [0.2, 0.25) is 11.8 Å². The first kappa shape index (κ1) is 19.9. The Morgan fingerprint density at radius 1 is 0.966 bits per heavy atom. The van der Waals surface area contributed by atoms with E-state index in [0.717, 1.165) is 44.2 Å². The van der Waals surface area contributed by atoms with Gasteiger partial charge in [0.25, 0.3) is 0 Å². The molecule has 1 aromatic carbocycles. The first-order valence-electron chi connectivity index (χ1n) is 10.9. The molecule has 4 rings (SSSR count). The zero-order chi connectivity index (χ0) is 20.2. The van der Waals surface area contributed by atoms with Crippen LogP contribution in [0, 0.1) is 17.2 Å². The van der Waals surface area contributed by atoms with Crippen LogP contribution in [0.4, 0.5) is 0 Å². The van der Waals surface area contributed by atoms with Crippen molar-refractivity contribution in [3.05, 3.63) is 35.4 Å². The van der Waals surface area contributed by atoms with Gasteiger partial charge in [-0.05, 0) is 43.4 Å². The average Bonchev–Trinajstić information content (AvgIpc) is 2.90. The smallest absolute Gasteiger partial charge is 0.229 e. The van der Waals surface area contributed by atoms with Gasteiger partial charge in [-0.3, -0.25) is 14.5 Å². The van der Waals surface area contributed by atoms with E-state index in [9.17, 15) is 9.59 Å². The van der Waals surface area contributed by atoms with E-state index in [2.05, 4.69) is 11.0 Å². The molecule has 29 heavy (non-hydrogen) atoms. The molecule has 0 unspecified atom stereocenters.